The molecule has 0 aliphatic carbocycles. The molecule has 0 atom stereocenters. The molecule has 0 spiro atoms. The lowest BCUT2D eigenvalue weighted by atomic mass is 10.2. The van der Waals surface area contributed by atoms with Crippen LogP contribution in [0, 0.1) is 6.92 Å². The normalized spacial score (nSPS) is 13.3. The summed E-state index contributed by atoms with van der Waals surface area (Å²) in [5.41, 5.74) is 1.23. The maximum Gasteiger partial charge on any atom is 0.222 e. The number of ether oxygens (including phenoxy) is 1. The highest BCUT2D eigenvalue weighted by atomic mass is 16.5. The predicted molar refractivity (Wildman–Crippen MR) is 101 cm³/mol. The summed E-state index contributed by atoms with van der Waals surface area (Å²) in [5, 5.41) is 0. The quantitative estimate of drug-likeness (QED) is 0.563. The van der Waals surface area contributed by atoms with Crippen molar-refractivity contribution in [3.63, 3.8) is 0 Å². The van der Waals surface area contributed by atoms with E-state index in [1.165, 1.54) is 5.56 Å². The summed E-state index contributed by atoms with van der Waals surface area (Å²) >= 11 is 0. The first-order valence-corrected chi connectivity index (χ1v) is 8.75. The van der Waals surface area contributed by atoms with E-state index in [0.717, 1.165) is 44.5 Å². The summed E-state index contributed by atoms with van der Waals surface area (Å²) in [6, 6.07) is 7.96. The molecule has 2 amide bonds. The molecule has 1 fully saturated rings. The Balaban J connectivity index is 0.000000293. The molecule has 0 aromatic heterocycles. The molecule has 0 N–H and O–H groups in total. The van der Waals surface area contributed by atoms with Gasteiger partial charge in [0.05, 0.1) is 7.11 Å². The molecule has 1 saturated heterocycles. The zero-order chi connectivity index (χ0) is 18.5. The summed E-state index contributed by atoms with van der Waals surface area (Å²) in [5.74, 6) is 1.18. The molecular formula is C20H30N2O3. The van der Waals surface area contributed by atoms with Gasteiger partial charge in [0.15, 0.2) is 0 Å². The SMILES string of the molecule is CN(C=O)C/C=C/CCC(=O)N1CCCC1.COc1cccc(C)c1. The van der Waals surface area contributed by atoms with Gasteiger partial charge >= 0.3 is 0 Å². The topological polar surface area (TPSA) is 49.9 Å². The van der Waals surface area contributed by atoms with E-state index in [1.807, 2.05) is 48.2 Å². The monoisotopic (exact) mass is 346 g/mol. The first-order chi connectivity index (χ1) is 12.1. The Bertz CT molecular complexity index is 552. The van der Waals surface area contributed by atoms with Crippen molar-refractivity contribution < 1.29 is 14.3 Å². The van der Waals surface area contributed by atoms with Gasteiger partial charge in [0, 0.05) is 33.1 Å². The highest BCUT2D eigenvalue weighted by Gasteiger charge is 2.16. The maximum atomic E-state index is 11.6. The van der Waals surface area contributed by atoms with Crippen molar-refractivity contribution in [3.05, 3.63) is 42.0 Å². The second-order valence-corrected chi connectivity index (χ2v) is 6.16. The fourth-order valence-electron chi connectivity index (χ4n) is 2.48. The number of likely N-dealkylation sites (N-methyl/N-ethyl adjacent to an activating group) is 1. The van der Waals surface area contributed by atoms with Gasteiger partial charge in [-0.1, -0.05) is 24.3 Å². The lowest BCUT2D eigenvalue weighted by molar-refractivity contribution is -0.130. The van der Waals surface area contributed by atoms with Gasteiger partial charge in [0.1, 0.15) is 5.75 Å². The van der Waals surface area contributed by atoms with Gasteiger partial charge in [-0.3, -0.25) is 9.59 Å². The first-order valence-electron chi connectivity index (χ1n) is 8.75. The molecule has 0 bridgehead atoms. The number of nitrogens with zero attached hydrogens (tertiary/aromatic N) is 2. The standard InChI is InChI=1S/C12H20N2O2.C8H10O/c1-13(11-15)8-4-2-3-7-12(16)14-9-5-6-10-14;1-7-4-3-5-8(6-7)9-2/h2,4,11H,3,5-10H2,1H3;3-6H,1-2H3/b4-2+;. The molecule has 0 unspecified atom stereocenters. The average Bonchev–Trinajstić information content (AvgIpc) is 3.16. The largest absolute Gasteiger partial charge is 0.497 e. The number of rotatable bonds is 7. The Morgan fingerprint density at radius 2 is 2.00 bits per heavy atom. The van der Waals surface area contributed by atoms with Gasteiger partial charge in [-0.05, 0) is 43.9 Å². The molecule has 1 aliphatic rings. The Morgan fingerprint density at radius 3 is 2.56 bits per heavy atom. The highest BCUT2D eigenvalue weighted by Crippen LogP contribution is 2.11. The first kappa shape index (κ1) is 20.7. The molecule has 5 heteroatoms. The molecule has 1 heterocycles. The molecule has 138 valence electrons. The number of carbonyl (C=O) groups is 2. The van der Waals surface area contributed by atoms with Gasteiger partial charge in [0.25, 0.3) is 0 Å². The van der Waals surface area contributed by atoms with Crippen molar-refractivity contribution in [1.29, 1.82) is 0 Å². The summed E-state index contributed by atoms with van der Waals surface area (Å²) in [6.45, 7) is 4.51. The van der Waals surface area contributed by atoms with Crippen LogP contribution < -0.4 is 4.74 Å². The van der Waals surface area contributed by atoms with Crippen LogP contribution in [0.1, 0.15) is 31.2 Å². The second-order valence-electron chi connectivity index (χ2n) is 6.16. The molecule has 5 nitrogen and oxygen atoms in total. The number of likely N-dealkylation sites (tertiary alicyclic amines) is 1. The number of benzene rings is 1. The summed E-state index contributed by atoms with van der Waals surface area (Å²) in [6.07, 6.45) is 8.32. The van der Waals surface area contributed by atoms with Crippen molar-refractivity contribution in [1.82, 2.24) is 9.80 Å². The Hall–Kier alpha value is -2.30. The van der Waals surface area contributed by atoms with E-state index in [0.29, 0.717) is 13.0 Å². The van der Waals surface area contributed by atoms with Gasteiger partial charge in [-0.25, -0.2) is 0 Å². The number of methoxy groups -OCH3 is 1. The van der Waals surface area contributed by atoms with Crippen molar-refractivity contribution in [2.75, 3.05) is 33.8 Å². The summed E-state index contributed by atoms with van der Waals surface area (Å²) in [7, 11) is 3.40. The van der Waals surface area contributed by atoms with E-state index in [2.05, 4.69) is 0 Å². The van der Waals surface area contributed by atoms with E-state index >= 15 is 0 Å². The third-order valence-corrected chi connectivity index (χ3v) is 3.95. The molecule has 0 saturated carbocycles. The third-order valence-electron chi connectivity index (χ3n) is 3.95. The molecule has 2 rings (SSSR count). The van der Waals surface area contributed by atoms with Crippen LogP contribution in [-0.2, 0) is 9.59 Å². The number of aryl methyl sites for hydroxylation is 1. The number of amides is 2. The Morgan fingerprint density at radius 1 is 1.28 bits per heavy atom. The lowest BCUT2D eigenvalue weighted by Gasteiger charge is -2.14. The zero-order valence-corrected chi connectivity index (χ0v) is 15.6. The predicted octanol–water partition coefficient (Wildman–Crippen LogP) is 3.04. The highest BCUT2D eigenvalue weighted by molar-refractivity contribution is 5.76. The molecule has 1 aromatic carbocycles. The van der Waals surface area contributed by atoms with Crippen LogP contribution in [0.15, 0.2) is 36.4 Å². The minimum absolute atomic E-state index is 0.255. The molecule has 1 aliphatic heterocycles. The van der Waals surface area contributed by atoms with Crippen LogP contribution in [0.25, 0.3) is 0 Å². The molecule has 0 radical (unpaired) electrons. The van der Waals surface area contributed by atoms with E-state index in [9.17, 15) is 9.59 Å². The van der Waals surface area contributed by atoms with Crippen LogP contribution in [0.5, 0.6) is 5.75 Å². The van der Waals surface area contributed by atoms with Crippen molar-refractivity contribution in [3.8, 4) is 5.75 Å². The van der Waals surface area contributed by atoms with Crippen LogP contribution in [0.4, 0.5) is 0 Å². The third kappa shape index (κ3) is 8.94. The van der Waals surface area contributed by atoms with Crippen LogP contribution in [0.3, 0.4) is 0 Å². The van der Waals surface area contributed by atoms with Crippen LogP contribution in [-0.4, -0.2) is 55.9 Å². The number of carbonyl (C=O) groups excluding carboxylic acids is 2. The fourth-order valence-corrected chi connectivity index (χ4v) is 2.48. The van der Waals surface area contributed by atoms with E-state index < -0.39 is 0 Å². The Labute approximate surface area is 151 Å². The lowest BCUT2D eigenvalue weighted by Crippen LogP contribution is -2.27. The van der Waals surface area contributed by atoms with Crippen molar-refractivity contribution in [2.24, 2.45) is 0 Å². The molecule has 1 aromatic rings. The molecular weight excluding hydrogens is 316 g/mol. The van der Waals surface area contributed by atoms with Crippen LogP contribution in [0.2, 0.25) is 0 Å². The minimum Gasteiger partial charge on any atom is -0.497 e. The van der Waals surface area contributed by atoms with Gasteiger partial charge in [-0.15, -0.1) is 0 Å². The van der Waals surface area contributed by atoms with Crippen molar-refractivity contribution >= 4 is 12.3 Å². The van der Waals surface area contributed by atoms with Gasteiger partial charge < -0.3 is 14.5 Å². The summed E-state index contributed by atoms with van der Waals surface area (Å²) in [4.78, 5) is 25.4. The van der Waals surface area contributed by atoms with Crippen LogP contribution >= 0.6 is 0 Å². The summed E-state index contributed by atoms with van der Waals surface area (Å²) < 4.78 is 5.00. The second kappa shape index (κ2) is 12.1. The van der Waals surface area contributed by atoms with Gasteiger partial charge in [0.2, 0.25) is 12.3 Å². The Kier molecular flexibility index (Phi) is 10.1. The number of hydrogen-bond donors (Lipinski definition) is 0. The smallest absolute Gasteiger partial charge is 0.222 e. The number of hydrogen-bond acceptors (Lipinski definition) is 3. The minimum atomic E-state index is 0.255. The maximum absolute atomic E-state index is 11.6. The van der Waals surface area contributed by atoms with E-state index in [-0.39, 0.29) is 5.91 Å². The molecule has 25 heavy (non-hydrogen) atoms. The number of allylic oxidation sites excluding steroid dienone is 1. The average molecular weight is 346 g/mol. The van der Waals surface area contributed by atoms with E-state index in [1.54, 1.807) is 19.1 Å². The fraction of sp³-hybridized carbons (Fsp3) is 0.500. The zero-order valence-electron chi connectivity index (χ0n) is 15.6. The van der Waals surface area contributed by atoms with Crippen molar-refractivity contribution in [2.45, 2.75) is 32.6 Å². The van der Waals surface area contributed by atoms with Gasteiger partial charge in [-0.2, -0.15) is 0 Å². The van der Waals surface area contributed by atoms with E-state index in [4.69, 9.17) is 4.74 Å².